The number of carbonyl (C=O) groups is 1. The number of rotatable bonds is 7. The first-order valence-corrected chi connectivity index (χ1v) is 9.20. The van der Waals surface area contributed by atoms with E-state index in [-0.39, 0.29) is 16.5 Å². The summed E-state index contributed by atoms with van der Waals surface area (Å²) in [5.41, 5.74) is -0.693. The van der Waals surface area contributed by atoms with Crippen LogP contribution in [0.1, 0.15) is 0 Å². The van der Waals surface area contributed by atoms with Crippen molar-refractivity contribution in [1.29, 1.82) is 0 Å². The number of ether oxygens (including phenoxy) is 2. The summed E-state index contributed by atoms with van der Waals surface area (Å²) in [5, 5.41) is 11.4. The maximum atomic E-state index is 13.2. The number of methoxy groups -OCH3 is 2. The van der Waals surface area contributed by atoms with Crippen molar-refractivity contribution < 1.29 is 27.6 Å². The second-order valence-electron chi connectivity index (χ2n) is 5.13. The average molecular weight is 415 g/mol. The van der Waals surface area contributed by atoms with Gasteiger partial charge in [-0.3, -0.25) is 19.2 Å². The molecule has 0 saturated carbocycles. The van der Waals surface area contributed by atoms with E-state index < -0.39 is 38.0 Å². The van der Waals surface area contributed by atoms with Crippen LogP contribution in [0.3, 0.4) is 0 Å². The van der Waals surface area contributed by atoms with Gasteiger partial charge in [0, 0.05) is 11.1 Å². The van der Waals surface area contributed by atoms with E-state index in [9.17, 15) is 23.3 Å². The van der Waals surface area contributed by atoms with Gasteiger partial charge < -0.3 is 9.47 Å². The minimum absolute atomic E-state index is 0.0615. The lowest BCUT2D eigenvalue weighted by Crippen LogP contribution is -2.36. The minimum atomic E-state index is -4.53. The Morgan fingerprint density at radius 1 is 1.22 bits per heavy atom. The van der Waals surface area contributed by atoms with E-state index in [1.807, 2.05) is 0 Å². The molecule has 0 radical (unpaired) electrons. The van der Waals surface area contributed by atoms with Gasteiger partial charge in [-0.1, -0.05) is 23.7 Å². The summed E-state index contributed by atoms with van der Waals surface area (Å²) < 4.78 is 36.8. The molecule has 0 N–H and O–H groups in total. The first-order chi connectivity index (χ1) is 12.7. The molecule has 0 saturated heterocycles. The second kappa shape index (κ2) is 8.23. The Morgan fingerprint density at radius 2 is 1.89 bits per heavy atom. The van der Waals surface area contributed by atoms with Gasteiger partial charge in [-0.05, 0) is 24.3 Å². The zero-order valence-corrected chi connectivity index (χ0v) is 15.9. The van der Waals surface area contributed by atoms with Gasteiger partial charge in [0.25, 0.3) is 15.7 Å². The Hall–Kier alpha value is -2.85. The Morgan fingerprint density at radius 3 is 2.48 bits per heavy atom. The van der Waals surface area contributed by atoms with E-state index in [1.54, 1.807) is 0 Å². The van der Waals surface area contributed by atoms with Crippen molar-refractivity contribution in [1.82, 2.24) is 0 Å². The number of halogens is 1. The van der Waals surface area contributed by atoms with Gasteiger partial charge in [-0.15, -0.1) is 0 Å². The zero-order chi connectivity index (χ0) is 20.2. The molecule has 11 heteroatoms. The minimum Gasteiger partial charge on any atom is -0.495 e. The van der Waals surface area contributed by atoms with Gasteiger partial charge in [0.05, 0.1) is 24.8 Å². The molecule has 0 aromatic heterocycles. The third kappa shape index (κ3) is 4.29. The lowest BCUT2D eigenvalue weighted by molar-refractivity contribution is -0.387. The molecular formula is C16H15ClN2O7S. The second-order valence-corrected chi connectivity index (χ2v) is 7.40. The summed E-state index contributed by atoms with van der Waals surface area (Å²) in [7, 11) is -2.14. The fraction of sp³-hybridized carbons (Fsp3) is 0.188. The van der Waals surface area contributed by atoms with Crippen molar-refractivity contribution in [3.05, 3.63) is 57.6 Å². The SMILES string of the molecule is COC(=O)CN(c1cc(Cl)ccc1OC)S(=O)(=O)c1ccccc1[N+](=O)[O-]. The number of benzene rings is 2. The van der Waals surface area contributed by atoms with E-state index >= 15 is 0 Å². The number of hydrogen-bond acceptors (Lipinski definition) is 7. The highest BCUT2D eigenvalue weighted by Gasteiger charge is 2.34. The number of nitro benzene ring substituents is 1. The van der Waals surface area contributed by atoms with Gasteiger partial charge in [-0.2, -0.15) is 0 Å². The lowest BCUT2D eigenvalue weighted by Gasteiger charge is -2.25. The number of carbonyl (C=O) groups excluding carboxylic acids is 1. The molecule has 0 aliphatic carbocycles. The van der Waals surface area contributed by atoms with E-state index in [0.717, 1.165) is 19.2 Å². The number of nitro groups is 1. The van der Waals surface area contributed by atoms with Gasteiger partial charge in [0.15, 0.2) is 4.90 Å². The average Bonchev–Trinajstić information content (AvgIpc) is 2.65. The molecule has 0 aliphatic rings. The largest absolute Gasteiger partial charge is 0.495 e. The van der Waals surface area contributed by atoms with E-state index in [4.69, 9.17) is 16.3 Å². The quantitative estimate of drug-likeness (QED) is 0.388. The van der Waals surface area contributed by atoms with E-state index in [2.05, 4.69) is 4.74 Å². The molecule has 0 bridgehead atoms. The standard InChI is InChI=1S/C16H15ClN2O7S/c1-25-14-8-7-11(17)9-13(14)18(10-16(20)26-2)27(23,24)15-6-4-3-5-12(15)19(21)22/h3-9H,10H2,1-2H3. The highest BCUT2D eigenvalue weighted by Crippen LogP contribution is 2.36. The predicted octanol–water partition coefficient (Wildman–Crippen LogP) is 2.63. The molecule has 2 rings (SSSR count). The number of nitrogens with zero attached hydrogens (tertiary/aromatic N) is 2. The maximum Gasteiger partial charge on any atom is 0.326 e. The Bertz CT molecular complexity index is 978. The molecule has 0 spiro atoms. The number of anilines is 1. The molecule has 0 atom stereocenters. The van der Waals surface area contributed by atoms with E-state index in [1.165, 1.54) is 37.4 Å². The predicted molar refractivity (Wildman–Crippen MR) is 97.6 cm³/mol. The number of hydrogen-bond donors (Lipinski definition) is 0. The first-order valence-electron chi connectivity index (χ1n) is 7.39. The van der Waals surface area contributed by atoms with Crippen molar-refractivity contribution in [2.24, 2.45) is 0 Å². The summed E-state index contributed by atoms with van der Waals surface area (Å²) in [6, 6.07) is 8.96. The molecule has 27 heavy (non-hydrogen) atoms. The van der Waals surface area contributed by atoms with Gasteiger partial charge in [0.2, 0.25) is 0 Å². The topological polar surface area (TPSA) is 116 Å². The maximum absolute atomic E-state index is 13.2. The summed E-state index contributed by atoms with van der Waals surface area (Å²) in [6.45, 7) is -0.735. The van der Waals surface area contributed by atoms with Crippen LogP contribution in [0.15, 0.2) is 47.4 Å². The van der Waals surface area contributed by atoms with Crippen molar-refractivity contribution in [3.63, 3.8) is 0 Å². The van der Waals surface area contributed by atoms with Crippen LogP contribution in [-0.2, 0) is 19.6 Å². The third-order valence-corrected chi connectivity index (χ3v) is 5.58. The number of esters is 1. The highest BCUT2D eigenvalue weighted by molar-refractivity contribution is 7.93. The number of para-hydroxylation sites is 1. The van der Waals surface area contributed by atoms with Crippen LogP contribution in [0.5, 0.6) is 5.75 Å². The van der Waals surface area contributed by atoms with Crippen molar-refractivity contribution in [3.8, 4) is 5.75 Å². The highest BCUT2D eigenvalue weighted by atomic mass is 35.5. The van der Waals surface area contributed by atoms with Crippen LogP contribution in [0, 0.1) is 10.1 Å². The van der Waals surface area contributed by atoms with Crippen LogP contribution in [-0.4, -0.2) is 40.1 Å². The van der Waals surface area contributed by atoms with Gasteiger partial charge >= 0.3 is 5.97 Å². The lowest BCUT2D eigenvalue weighted by atomic mass is 10.3. The molecule has 0 heterocycles. The molecule has 2 aromatic carbocycles. The van der Waals surface area contributed by atoms with Crippen LogP contribution in [0.25, 0.3) is 0 Å². The van der Waals surface area contributed by atoms with Crippen molar-refractivity contribution >= 4 is 39.0 Å². The summed E-state index contributed by atoms with van der Waals surface area (Å²) >= 11 is 5.96. The Labute approximate surface area is 160 Å². The van der Waals surface area contributed by atoms with Gasteiger partial charge in [0.1, 0.15) is 12.3 Å². The summed E-state index contributed by atoms with van der Waals surface area (Å²) in [4.78, 5) is 21.7. The molecule has 0 amide bonds. The monoisotopic (exact) mass is 414 g/mol. The number of sulfonamides is 1. The molecule has 2 aromatic rings. The molecule has 0 aliphatic heterocycles. The molecular weight excluding hydrogens is 400 g/mol. The van der Waals surface area contributed by atoms with Crippen LogP contribution in [0.2, 0.25) is 5.02 Å². The third-order valence-electron chi connectivity index (χ3n) is 3.54. The zero-order valence-electron chi connectivity index (χ0n) is 14.3. The fourth-order valence-corrected chi connectivity index (χ4v) is 4.02. The summed E-state index contributed by atoms with van der Waals surface area (Å²) in [5.74, 6) is -0.773. The molecule has 9 nitrogen and oxygen atoms in total. The normalized spacial score (nSPS) is 10.9. The Kier molecular flexibility index (Phi) is 6.24. The van der Waals surface area contributed by atoms with Crippen LogP contribution in [0.4, 0.5) is 11.4 Å². The molecule has 144 valence electrons. The van der Waals surface area contributed by atoms with Crippen molar-refractivity contribution in [2.45, 2.75) is 4.90 Å². The molecule has 0 fully saturated rings. The first kappa shape index (κ1) is 20.5. The summed E-state index contributed by atoms with van der Waals surface area (Å²) in [6.07, 6.45) is 0. The fourth-order valence-electron chi connectivity index (χ4n) is 2.28. The van der Waals surface area contributed by atoms with Crippen molar-refractivity contribution in [2.75, 3.05) is 25.1 Å². The van der Waals surface area contributed by atoms with Crippen LogP contribution < -0.4 is 9.04 Å². The van der Waals surface area contributed by atoms with Gasteiger partial charge in [-0.25, -0.2) is 8.42 Å². The smallest absolute Gasteiger partial charge is 0.326 e. The van der Waals surface area contributed by atoms with Crippen LogP contribution >= 0.6 is 11.6 Å². The Balaban J connectivity index is 2.73. The van der Waals surface area contributed by atoms with E-state index in [0.29, 0.717) is 4.31 Å². The molecule has 0 unspecified atom stereocenters.